The van der Waals surface area contributed by atoms with Gasteiger partial charge in [-0.1, -0.05) is 121 Å². The van der Waals surface area contributed by atoms with E-state index in [1.165, 1.54) is 69.0 Å². The lowest BCUT2D eigenvalue weighted by molar-refractivity contribution is 0.350. The van der Waals surface area contributed by atoms with E-state index >= 15 is 0 Å². The first kappa shape index (κ1) is 33.3. The van der Waals surface area contributed by atoms with Crippen LogP contribution in [0.4, 0.5) is 34.1 Å². The molecule has 0 radical (unpaired) electrons. The summed E-state index contributed by atoms with van der Waals surface area (Å²) in [6.45, 7) is 0. The van der Waals surface area contributed by atoms with Crippen molar-refractivity contribution in [2.24, 2.45) is 11.8 Å². The molecule has 3 aliphatic carbocycles. The van der Waals surface area contributed by atoms with Crippen LogP contribution in [-0.2, 0) is 18.3 Å². The average Bonchev–Trinajstić information content (AvgIpc) is 4.02. The van der Waals surface area contributed by atoms with Crippen molar-refractivity contribution >= 4 is 56.1 Å². The average molecular weight is 747 g/mol. The van der Waals surface area contributed by atoms with Crippen LogP contribution in [0.3, 0.4) is 0 Å². The van der Waals surface area contributed by atoms with Gasteiger partial charge in [-0.2, -0.15) is 0 Å². The Morgan fingerprint density at radius 1 is 0.397 bits per heavy atom. The first-order valence-corrected chi connectivity index (χ1v) is 20.8. The largest absolute Gasteiger partial charge is 0.456 e. The zero-order chi connectivity index (χ0) is 38.2. The summed E-state index contributed by atoms with van der Waals surface area (Å²) >= 11 is 0. The van der Waals surface area contributed by atoms with Gasteiger partial charge in [-0.15, -0.1) is 0 Å². The lowest BCUT2D eigenvalue weighted by Crippen LogP contribution is -2.34. The summed E-state index contributed by atoms with van der Waals surface area (Å²) in [5, 5.41) is 2.30. The predicted octanol–water partition coefficient (Wildman–Crippen LogP) is 14.6. The Morgan fingerprint density at radius 2 is 0.897 bits per heavy atom. The maximum atomic E-state index is 6.52. The van der Waals surface area contributed by atoms with E-state index in [1.54, 1.807) is 0 Å². The number of hydrogen-bond donors (Lipinski definition) is 0. The van der Waals surface area contributed by atoms with Crippen molar-refractivity contribution < 1.29 is 4.42 Å². The quantitative estimate of drug-likeness (QED) is 0.162. The van der Waals surface area contributed by atoms with Gasteiger partial charge in [0.25, 0.3) is 0 Å². The van der Waals surface area contributed by atoms with E-state index in [-0.39, 0.29) is 5.41 Å². The maximum Gasteiger partial charge on any atom is 0.137 e. The highest BCUT2D eigenvalue weighted by Crippen LogP contribution is 2.68. The van der Waals surface area contributed by atoms with Gasteiger partial charge in [0.05, 0.1) is 11.4 Å². The summed E-state index contributed by atoms with van der Waals surface area (Å²) in [5.74, 6) is 1.03. The highest BCUT2D eigenvalue weighted by Gasteiger charge is 2.62. The summed E-state index contributed by atoms with van der Waals surface area (Å²) in [6, 6.07) is 71.2. The molecule has 0 amide bonds. The van der Waals surface area contributed by atoms with Gasteiger partial charge in [-0.25, -0.2) is 0 Å². The van der Waals surface area contributed by atoms with Crippen LogP contribution in [0.15, 0.2) is 199 Å². The molecule has 0 bridgehead atoms. The number of benzene rings is 8. The topological polar surface area (TPSA) is 19.6 Å². The molecular formula is C55H42N2O. The number of para-hydroxylation sites is 3. The molecule has 1 spiro atoms. The highest BCUT2D eigenvalue weighted by atomic mass is 16.3. The number of furan rings is 1. The summed E-state index contributed by atoms with van der Waals surface area (Å²) < 4.78 is 6.52. The maximum absolute atomic E-state index is 6.52. The SMILES string of the molecule is c1ccc(-c2cccc(N(c3ccccc3)c3cccc4c3C35c6c(cccc6N(c6ccccc6)c6ccc7c(c6)oc6ccccc67)CC3CCC5C4)c2)cc1. The summed E-state index contributed by atoms with van der Waals surface area (Å²) in [5.41, 5.74) is 17.3. The van der Waals surface area contributed by atoms with Crippen molar-refractivity contribution in [3.63, 3.8) is 0 Å². The Labute approximate surface area is 339 Å². The molecule has 12 rings (SSSR count). The third-order valence-corrected chi connectivity index (χ3v) is 13.5. The Bertz CT molecular complexity index is 2980. The van der Waals surface area contributed by atoms with E-state index in [9.17, 15) is 0 Å². The van der Waals surface area contributed by atoms with Crippen molar-refractivity contribution in [2.75, 3.05) is 9.80 Å². The van der Waals surface area contributed by atoms with Crippen LogP contribution in [-0.4, -0.2) is 0 Å². The summed E-state index contributed by atoms with van der Waals surface area (Å²) in [7, 11) is 0. The van der Waals surface area contributed by atoms with Crippen molar-refractivity contribution in [1.82, 2.24) is 0 Å². The predicted molar refractivity (Wildman–Crippen MR) is 239 cm³/mol. The van der Waals surface area contributed by atoms with Crippen LogP contribution in [0, 0.1) is 11.8 Å². The Balaban J connectivity index is 1.09. The van der Waals surface area contributed by atoms with Crippen molar-refractivity contribution in [3.05, 3.63) is 216 Å². The zero-order valence-corrected chi connectivity index (χ0v) is 32.3. The van der Waals surface area contributed by atoms with E-state index in [1.807, 2.05) is 0 Å². The smallest absolute Gasteiger partial charge is 0.137 e. The minimum absolute atomic E-state index is 0.140. The molecule has 1 saturated carbocycles. The zero-order valence-electron chi connectivity index (χ0n) is 32.3. The van der Waals surface area contributed by atoms with Crippen LogP contribution in [0.2, 0.25) is 0 Å². The van der Waals surface area contributed by atoms with E-state index in [2.05, 4.69) is 204 Å². The first-order valence-electron chi connectivity index (χ1n) is 20.8. The molecule has 3 aliphatic rings. The number of hydrogen-bond acceptors (Lipinski definition) is 3. The standard InChI is InChI=1S/C55H42N2O/c1-4-15-37(16-5-1)38-17-12-24-45(35-38)56(43-20-6-2-7-21-43)49-26-13-18-39-33-41-29-30-42-34-40-19-14-27-50(54(40)55(41,42)53(39)49)57(44-22-8-3-9-23-44)46-31-32-48-47-25-10-11-28-51(47)58-52(48)36-46/h1-28,31-32,35-36,41-42H,29-30,33-34H2. The molecule has 0 N–H and O–H groups in total. The number of anilines is 6. The van der Waals surface area contributed by atoms with Crippen LogP contribution in [0.1, 0.15) is 35.1 Å². The number of nitrogens with zero attached hydrogens (tertiary/aromatic N) is 2. The molecule has 0 saturated heterocycles. The molecule has 3 unspecified atom stereocenters. The summed E-state index contributed by atoms with van der Waals surface area (Å²) in [4.78, 5) is 5.06. The van der Waals surface area contributed by atoms with Gasteiger partial charge in [-0.3, -0.25) is 0 Å². The Morgan fingerprint density at radius 3 is 1.53 bits per heavy atom. The molecule has 9 aromatic rings. The van der Waals surface area contributed by atoms with Gasteiger partial charge >= 0.3 is 0 Å². The molecule has 3 heteroatoms. The van der Waals surface area contributed by atoms with Crippen LogP contribution < -0.4 is 9.80 Å². The van der Waals surface area contributed by atoms with E-state index in [4.69, 9.17) is 4.42 Å². The van der Waals surface area contributed by atoms with Gasteiger partial charge < -0.3 is 14.2 Å². The lowest BCUT2D eigenvalue weighted by Gasteiger charge is -2.40. The highest BCUT2D eigenvalue weighted by molar-refractivity contribution is 6.06. The van der Waals surface area contributed by atoms with E-state index in [0.717, 1.165) is 46.2 Å². The first-order chi connectivity index (χ1) is 28.8. The molecular weight excluding hydrogens is 705 g/mol. The number of fused-ring (bicyclic) bond motifs is 5. The third kappa shape index (κ3) is 4.92. The molecule has 8 aromatic carbocycles. The van der Waals surface area contributed by atoms with Crippen molar-refractivity contribution in [3.8, 4) is 11.1 Å². The van der Waals surface area contributed by atoms with Crippen LogP contribution in [0.5, 0.6) is 0 Å². The minimum Gasteiger partial charge on any atom is -0.456 e. The summed E-state index contributed by atoms with van der Waals surface area (Å²) in [6.07, 6.45) is 4.65. The van der Waals surface area contributed by atoms with E-state index in [0.29, 0.717) is 11.8 Å². The van der Waals surface area contributed by atoms with Gasteiger partial charge in [0.2, 0.25) is 0 Å². The normalized spacial score (nSPS) is 18.8. The fraction of sp³-hybridized carbons (Fsp3) is 0.127. The molecule has 1 fully saturated rings. The van der Waals surface area contributed by atoms with Gasteiger partial charge in [-0.05, 0) is 138 Å². The van der Waals surface area contributed by atoms with Gasteiger partial charge in [0.1, 0.15) is 11.2 Å². The molecule has 0 aliphatic heterocycles. The molecule has 1 aromatic heterocycles. The fourth-order valence-corrected chi connectivity index (χ4v) is 11.3. The van der Waals surface area contributed by atoms with Crippen LogP contribution >= 0.6 is 0 Å². The third-order valence-electron chi connectivity index (χ3n) is 13.5. The molecule has 1 heterocycles. The van der Waals surface area contributed by atoms with E-state index < -0.39 is 0 Å². The number of rotatable bonds is 7. The molecule has 3 nitrogen and oxygen atoms in total. The Hall–Kier alpha value is -6.84. The van der Waals surface area contributed by atoms with Gasteiger partial charge in [0, 0.05) is 45.0 Å². The van der Waals surface area contributed by atoms with Crippen molar-refractivity contribution in [1.29, 1.82) is 0 Å². The van der Waals surface area contributed by atoms with Gasteiger partial charge in [0.15, 0.2) is 0 Å². The second-order valence-electron chi connectivity index (χ2n) is 16.4. The van der Waals surface area contributed by atoms with Crippen LogP contribution in [0.25, 0.3) is 33.1 Å². The Kier molecular flexibility index (Phi) is 7.53. The molecule has 278 valence electrons. The lowest BCUT2D eigenvalue weighted by atomic mass is 9.68. The second-order valence-corrected chi connectivity index (χ2v) is 16.4. The van der Waals surface area contributed by atoms with Crippen molar-refractivity contribution in [2.45, 2.75) is 31.1 Å². The fourth-order valence-electron chi connectivity index (χ4n) is 11.3. The monoisotopic (exact) mass is 746 g/mol. The minimum atomic E-state index is -0.140. The second kappa shape index (κ2) is 13.1. The molecule has 3 atom stereocenters. The molecule has 58 heavy (non-hydrogen) atoms.